The Morgan fingerprint density at radius 1 is 0.733 bits per heavy atom. The van der Waals surface area contributed by atoms with Gasteiger partial charge in [0.25, 0.3) is 0 Å². The summed E-state index contributed by atoms with van der Waals surface area (Å²) < 4.78 is 34.0. The van der Waals surface area contributed by atoms with Crippen LogP contribution in [0.5, 0.6) is 5.75 Å². The van der Waals surface area contributed by atoms with E-state index in [1.807, 2.05) is 6.92 Å². The Hall–Kier alpha value is -2.68. The van der Waals surface area contributed by atoms with Crippen molar-refractivity contribution in [1.82, 2.24) is 0 Å². The van der Waals surface area contributed by atoms with Gasteiger partial charge < -0.3 is 4.74 Å². The van der Waals surface area contributed by atoms with Crippen molar-refractivity contribution in [3.8, 4) is 16.9 Å². The van der Waals surface area contributed by atoms with Gasteiger partial charge in [-0.3, -0.25) is 0 Å². The van der Waals surface area contributed by atoms with E-state index in [1.54, 1.807) is 36.4 Å². The summed E-state index contributed by atoms with van der Waals surface area (Å²) in [4.78, 5) is 0. The van der Waals surface area contributed by atoms with E-state index < -0.39 is 6.11 Å². The number of hydrogen-bond acceptors (Lipinski definition) is 1. The number of hydrogen-bond donors (Lipinski definition) is 0. The van der Waals surface area contributed by atoms with E-state index in [9.17, 15) is 8.78 Å². The Morgan fingerprint density at radius 2 is 1.27 bits per heavy atom. The van der Waals surface area contributed by atoms with Crippen molar-refractivity contribution in [3.05, 3.63) is 89.5 Å². The number of halogens is 2. The van der Waals surface area contributed by atoms with Gasteiger partial charge in [-0.05, 0) is 72.6 Å². The van der Waals surface area contributed by atoms with Crippen LogP contribution in [-0.2, 0) is 6.11 Å². The Kier molecular flexibility index (Phi) is 5.90. The first-order valence-corrected chi connectivity index (χ1v) is 10.7. The van der Waals surface area contributed by atoms with E-state index in [0.29, 0.717) is 5.92 Å². The summed E-state index contributed by atoms with van der Waals surface area (Å²) in [5.41, 5.74) is 4.20. The van der Waals surface area contributed by atoms with Gasteiger partial charge in [-0.1, -0.05) is 73.9 Å². The molecule has 30 heavy (non-hydrogen) atoms. The molecule has 0 aliphatic heterocycles. The summed E-state index contributed by atoms with van der Waals surface area (Å²) in [5, 5.41) is 0. The number of benzene rings is 3. The van der Waals surface area contributed by atoms with Crippen LogP contribution in [0.4, 0.5) is 8.78 Å². The van der Waals surface area contributed by atoms with Crippen LogP contribution in [0, 0.1) is 12.8 Å². The van der Waals surface area contributed by atoms with Gasteiger partial charge in [0.2, 0.25) is 0 Å². The topological polar surface area (TPSA) is 9.23 Å². The fourth-order valence-electron chi connectivity index (χ4n) is 4.21. The van der Waals surface area contributed by atoms with E-state index in [2.05, 4.69) is 31.2 Å². The predicted molar refractivity (Wildman–Crippen MR) is 118 cm³/mol. The molecule has 0 bridgehead atoms. The van der Waals surface area contributed by atoms with Crippen molar-refractivity contribution in [2.24, 2.45) is 5.92 Å². The molecule has 1 saturated carbocycles. The fourth-order valence-corrected chi connectivity index (χ4v) is 4.21. The van der Waals surface area contributed by atoms with Gasteiger partial charge in [-0.25, -0.2) is 0 Å². The molecule has 0 amide bonds. The van der Waals surface area contributed by atoms with Crippen LogP contribution < -0.4 is 4.74 Å². The zero-order valence-electron chi connectivity index (χ0n) is 17.6. The molecule has 3 aromatic rings. The smallest absolute Gasteiger partial charge is 0.426 e. The summed E-state index contributed by atoms with van der Waals surface area (Å²) in [7, 11) is 0. The summed E-state index contributed by atoms with van der Waals surface area (Å²) in [6, 6.07) is 21.6. The molecule has 1 aliphatic carbocycles. The van der Waals surface area contributed by atoms with Crippen LogP contribution in [0.1, 0.15) is 55.2 Å². The standard InChI is InChI=1S/C27H28F2O/c1-19-3-7-21(8-4-19)22-9-11-23(12-10-22)24-13-15-25(16-14-24)27(28,29)30-26-17-5-20(2)6-18-26/h5-6,9-19,21H,3-4,7-8H2,1-2H3. The van der Waals surface area contributed by atoms with Gasteiger partial charge in [0.1, 0.15) is 5.75 Å². The van der Waals surface area contributed by atoms with Crippen LogP contribution in [0.25, 0.3) is 11.1 Å². The molecular weight excluding hydrogens is 378 g/mol. The van der Waals surface area contributed by atoms with Crippen molar-refractivity contribution in [2.75, 3.05) is 0 Å². The summed E-state index contributed by atoms with van der Waals surface area (Å²) >= 11 is 0. The maximum atomic E-state index is 14.5. The first-order chi connectivity index (χ1) is 14.4. The monoisotopic (exact) mass is 406 g/mol. The lowest BCUT2D eigenvalue weighted by molar-refractivity contribution is -0.185. The maximum Gasteiger partial charge on any atom is 0.426 e. The van der Waals surface area contributed by atoms with Gasteiger partial charge >= 0.3 is 6.11 Å². The minimum Gasteiger partial charge on any atom is -0.429 e. The molecule has 1 fully saturated rings. The lowest BCUT2D eigenvalue weighted by Crippen LogP contribution is -2.21. The van der Waals surface area contributed by atoms with Crippen LogP contribution in [0.2, 0.25) is 0 Å². The van der Waals surface area contributed by atoms with E-state index in [1.165, 1.54) is 43.4 Å². The van der Waals surface area contributed by atoms with Crippen LogP contribution in [-0.4, -0.2) is 0 Å². The molecule has 0 radical (unpaired) electrons. The van der Waals surface area contributed by atoms with E-state index in [4.69, 9.17) is 4.74 Å². The Bertz CT molecular complexity index is 951. The second-order valence-corrected chi connectivity index (χ2v) is 8.59. The zero-order valence-corrected chi connectivity index (χ0v) is 17.6. The van der Waals surface area contributed by atoms with Gasteiger partial charge in [0.15, 0.2) is 0 Å². The second-order valence-electron chi connectivity index (χ2n) is 8.59. The van der Waals surface area contributed by atoms with Crippen LogP contribution in [0.3, 0.4) is 0 Å². The van der Waals surface area contributed by atoms with E-state index >= 15 is 0 Å². The number of aryl methyl sites for hydroxylation is 1. The maximum absolute atomic E-state index is 14.5. The molecule has 3 heteroatoms. The largest absolute Gasteiger partial charge is 0.429 e. The summed E-state index contributed by atoms with van der Waals surface area (Å²) in [6.07, 6.45) is 1.73. The SMILES string of the molecule is Cc1ccc(OC(F)(F)c2ccc(-c3ccc(C4CCC(C)CC4)cc3)cc2)cc1. The van der Waals surface area contributed by atoms with Crippen molar-refractivity contribution in [2.45, 2.75) is 51.6 Å². The Labute approximate surface area is 177 Å². The molecule has 0 atom stereocenters. The first kappa shape index (κ1) is 20.6. The number of rotatable bonds is 5. The Balaban J connectivity index is 1.45. The Morgan fingerprint density at radius 3 is 1.83 bits per heavy atom. The van der Waals surface area contributed by atoms with Gasteiger partial charge in [0.05, 0.1) is 5.56 Å². The third kappa shape index (κ3) is 4.72. The molecule has 0 spiro atoms. The molecule has 1 aliphatic rings. The number of alkyl halides is 2. The lowest BCUT2D eigenvalue weighted by Gasteiger charge is -2.26. The minimum atomic E-state index is -3.38. The third-order valence-corrected chi connectivity index (χ3v) is 6.22. The molecule has 0 N–H and O–H groups in total. The van der Waals surface area contributed by atoms with E-state index in [0.717, 1.165) is 22.6 Å². The summed E-state index contributed by atoms with van der Waals surface area (Å²) in [6.45, 7) is 4.24. The molecule has 1 nitrogen and oxygen atoms in total. The van der Waals surface area contributed by atoms with Crippen molar-refractivity contribution >= 4 is 0 Å². The predicted octanol–water partition coefficient (Wildman–Crippen LogP) is 8.08. The molecule has 3 aromatic carbocycles. The average molecular weight is 407 g/mol. The fraction of sp³-hybridized carbons (Fsp3) is 0.333. The molecule has 0 heterocycles. The normalized spacial score (nSPS) is 19.5. The van der Waals surface area contributed by atoms with Gasteiger partial charge in [-0.2, -0.15) is 8.78 Å². The highest BCUT2D eigenvalue weighted by molar-refractivity contribution is 5.64. The molecule has 0 saturated heterocycles. The van der Waals surface area contributed by atoms with Crippen LogP contribution in [0.15, 0.2) is 72.8 Å². The quantitative estimate of drug-likeness (QED) is 0.416. The highest BCUT2D eigenvalue weighted by atomic mass is 19.3. The summed E-state index contributed by atoms with van der Waals surface area (Å²) in [5.74, 6) is 1.64. The molecular formula is C27H28F2O. The van der Waals surface area contributed by atoms with E-state index in [-0.39, 0.29) is 11.3 Å². The average Bonchev–Trinajstić information content (AvgIpc) is 2.76. The van der Waals surface area contributed by atoms with Crippen molar-refractivity contribution in [3.63, 3.8) is 0 Å². The highest BCUT2D eigenvalue weighted by Gasteiger charge is 2.34. The minimum absolute atomic E-state index is 0.153. The van der Waals surface area contributed by atoms with Crippen molar-refractivity contribution in [1.29, 1.82) is 0 Å². The van der Waals surface area contributed by atoms with Gasteiger partial charge in [0, 0.05) is 0 Å². The second kappa shape index (κ2) is 8.59. The molecule has 0 aromatic heterocycles. The first-order valence-electron chi connectivity index (χ1n) is 10.7. The highest BCUT2D eigenvalue weighted by Crippen LogP contribution is 2.37. The molecule has 156 valence electrons. The molecule has 0 unspecified atom stereocenters. The number of ether oxygens (including phenoxy) is 1. The third-order valence-electron chi connectivity index (χ3n) is 6.22. The molecule has 4 rings (SSSR count). The van der Waals surface area contributed by atoms with Gasteiger partial charge in [-0.15, -0.1) is 0 Å². The van der Waals surface area contributed by atoms with Crippen molar-refractivity contribution < 1.29 is 13.5 Å². The zero-order chi connectivity index (χ0) is 21.1. The lowest BCUT2D eigenvalue weighted by atomic mass is 9.79. The van der Waals surface area contributed by atoms with Crippen LogP contribution >= 0.6 is 0 Å².